The van der Waals surface area contributed by atoms with Gasteiger partial charge in [0, 0.05) is 28.4 Å². The molecule has 26 heavy (non-hydrogen) atoms. The Balaban J connectivity index is -0.0000000667. The Morgan fingerprint density at radius 3 is 0.692 bits per heavy atom. The molecule has 0 aromatic carbocycles. The van der Waals surface area contributed by atoms with Crippen LogP contribution in [0.3, 0.4) is 0 Å². The zero-order valence-corrected chi connectivity index (χ0v) is 27.3. The molecule has 4 unspecified atom stereocenters. The van der Waals surface area contributed by atoms with Crippen molar-refractivity contribution >= 4 is 31.0 Å². The molecule has 136 valence electrons. The predicted molar refractivity (Wildman–Crippen MR) is 64.7 cm³/mol. The molecule has 0 radical (unpaired) electrons. The van der Waals surface area contributed by atoms with Crippen molar-refractivity contribution in [1.29, 1.82) is 0 Å². The van der Waals surface area contributed by atoms with Crippen molar-refractivity contribution in [3.63, 3.8) is 0 Å². The Morgan fingerprint density at radius 1 is 0.500 bits per heavy atom. The van der Waals surface area contributed by atoms with Gasteiger partial charge in [-0.2, -0.15) is 9.72 Å². The van der Waals surface area contributed by atoms with Crippen molar-refractivity contribution in [2.75, 3.05) is 28.4 Å². The maximum atomic E-state index is 10.4. The fourth-order valence-electron chi connectivity index (χ4n) is 0.463. The average Bonchev–Trinajstić information content (AvgIpc) is 2.37. The molecule has 0 aliphatic carbocycles. The molecule has 0 saturated heterocycles. The van der Waals surface area contributed by atoms with E-state index in [-0.39, 0.29) is 118 Å². The van der Waals surface area contributed by atoms with E-state index < -0.39 is 31.0 Å². The SMILES string of the molecule is COP(=O)([O-])NP(=O)([O-])OC.COP(=O)([O-])NP(=O)([O-])OC.[Na+].[Na+].[Na+].[Na+]. The molecule has 0 bridgehead atoms. The van der Waals surface area contributed by atoms with Crippen molar-refractivity contribution in [3.05, 3.63) is 0 Å². The molecular formula is C4H14N2Na4O12P4. The van der Waals surface area contributed by atoms with Crippen LogP contribution in [-0.2, 0) is 36.4 Å². The molecule has 0 amide bonds. The van der Waals surface area contributed by atoms with Crippen molar-refractivity contribution in [1.82, 2.24) is 9.72 Å². The quantitative estimate of drug-likeness (QED) is 0.234. The Morgan fingerprint density at radius 2 is 0.615 bits per heavy atom. The van der Waals surface area contributed by atoms with Crippen LogP contribution in [0.25, 0.3) is 0 Å². The van der Waals surface area contributed by atoms with Gasteiger partial charge in [0.05, 0.1) is 0 Å². The molecule has 0 rings (SSSR count). The van der Waals surface area contributed by atoms with Crippen molar-refractivity contribution in [3.8, 4) is 0 Å². The number of hydrogen-bond acceptors (Lipinski definition) is 12. The van der Waals surface area contributed by atoms with Gasteiger partial charge in [0.2, 0.25) is 31.0 Å². The monoisotopic (exact) mass is 498 g/mol. The van der Waals surface area contributed by atoms with Gasteiger partial charge in [0.1, 0.15) is 0 Å². The summed E-state index contributed by atoms with van der Waals surface area (Å²) in [5, 5.41) is 0. The summed E-state index contributed by atoms with van der Waals surface area (Å²) >= 11 is 0. The molecule has 14 nitrogen and oxygen atoms in total. The zero-order chi connectivity index (χ0) is 18.2. The van der Waals surface area contributed by atoms with Gasteiger partial charge in [-0.3, -0.25) is 18.3 Å². The molecule has 22 heteroatoms. The van der Waals surface area contributed by atoms with Gasteiger partial charge in [-0.25, -0.2) is 0 Å². The molecule has 0 aromatic rings. The molecule has 0 spiro atoms. The topological polar surface area (TPSA) is 222 Å². The van der Waals surface area contributed by atoms with Crippen LogP contribution in [0.15, 0.2) is 0 Å². The maximum absolute atomic E-state index is 10.4. The van der Waals surface area contributed by atoms with Crippen LogP contribution in [0, 0.1) is 0 Å². The summed E-state index contributed by atoms with van der Waals surface area (Å²) in [7, 11) is -14.7. The van der Waals surface area contributed by atoms with E-state index in [1.807, 2.05) is 0 Å². The average molecular weight is 498 g/mol. The van der Waals surface area contributed by atoms with Gasteiger partial charge in [-0.1, -0.05) is 0 Å². The van der Waals surface area contributed by atoms with E-state index in [0.717, 1.165) is 28.4 Å². The predicted octanol–water partition coefficient (Wildman–Crippen LogP) is -14.4. The van der Waals surface area contributed by atoms with E-state index in [4.69, 9.17) is 0 Å². The van der Waals surface area contributed by atoms with Crippen LogP contribution in [0.1, 0.15) is 0 Å². The zero-order valence-electron chi connectivity index (χ0n) is 15.7. The second kappa shape index (κ2) is 20.1. The van der Waals surface area contributed by atoms with Gasteiger partial charge < -0.3 is 37.7 Å². The molecule has 4 atom stereocenters. The fourth-order valence-corrected chi connectivity index (χ4v) is 4.17. The third-order valence-electron chi connectivity index (χ3n) is 1.45. The number of nitrogens with one attached hydrogen (secondary N) is 2. The molecule has 0 aromatic heterocycles. The second-order valence-electron chi connectivity index (χ2n) is 2.92. The van der Waals surface area contributed by atoms with Crippen LogP contribution in [0.2, 0.25) is 0 Å². The minimum absolute atomic E-state index is 0. The molecule has 0 aliphatic heterocycles. The first kappa shape index (κ1) is 44.2. The van der Waals surface area contributed by atoms with Gasteiger partial charge in [-0.05, 0) is 0 Å². The fraction of sp³-hybridized carbons (Fsp3) is 1.00. The van der Waals surface area contributed by atoms with Crippen molar-refractivity contribution in [2.45, 2.75) is 0 Å². The normalized spacial score (nSPS) is 18.8. The summed E-state index contributed by atoms with van der Waals surface area (Å²) in [5.41, 5.74) is 0. The Hall–Kier alpha value is 4.52. The van der Waals surface area contributed by atoms with Gasteiger partial charge in [-0.15, -0.1) is 0 Å². The minimum atomic E-state index is -4.51. The smallest absolute Gasteiger partial charge is 0.766 e. The second-order valence-corrected chi connectivity index (χ2v) is 9.96. The van der Waals surface area contributed by atoms with E-state index in [9.17, 15) is 37.8 Å². The van der Waals surface area contributed by atoms with Crippen LogP contribution in [0.5, 0.6) is 0 Å². The minimum Gasteiger partial charge on any atom is -0.766 e. The van der Waals surface area contributed by atoms with Crippen molar-refractivity contribution < 1.29 is 174 Å². The summed E-state index contributed by atoms with van der Waals surface area (Å²) in [6.45, 7) is 0. The number of hydrogen-bond donors (Lipinski definition) is 2. The van der Waals surface area contributed by atoms with E-state index >= 15 is 0 Å². The van der Waals surface area contributed by atoms with Crippen LogP contribution in [-0.4, -0.2) is 28.4 Å². The molecule has 0 aliphatic rings. The van der Waals surface area contributed by atoms with Crippen LogP contribution in [0.4, 0.5) is 0 Å². The number of rotatable bonds is 8. The van der Waals surface area contributed by atoms with Crippen LogP contribution >= 0.6 is 31.0 Å². The summed E-state index contributed by atoms with van der Waals surface area (Å²) in [6, 6.07) is 0. The Kier molecular flexibility index (Phi) is 34.3. The standard InChI is InChI=1S/2C2H9NO6P2.4Na/c2*1-8-10(4,5)3-11(6,7)9-2;;;;/h2*1-2H3,(H3,3,4,5,6,7);;;;/q;;4*+1/p-4. The summed E-state index contributed by atoms with van der Waals surface area (Å²) < 4.78 is 56.9. The van der Waals surface area contributed by atoms with Gasteiger partial charge >= 0.3 is 118 Å². The maximum Gasteiger partial charge on any atom is 1.00 e. The van der Waals surface area contributed by atoms with E-state index in [2.05, 4.69) is 18.1 Å². The molecule has 2 N–H and O–H groups in total. The third-order valence-corrected chi connectivity index (χ3v) is 7.29. The van der Waals surface area contributed by atoms with Gasteiger partial charge in [0.15, 0.2) is 0 Å². The summed E-state index contributed by atoms with van der Waals surface area (Å²) in [5.74, 6) is 0. The first-order chi connectivity index (χ1) is 9.66. The van der Waals surface area contributed by atoms with Crippen molar-refractivity contribution in [2.24, 2.45) is 0 Å². The molecule has 0 fully saturated rings. The largest absolute Gasteiger partial charge is 1.00 e. The Labute approximate surface area is 239 Å². The first-order valence-electron chi connectivity index (χ1n) is 4.72. The summed E-state index contributed by atoms with van der Waals surface area (Å²) in [4.78, 5) is 44.0. The molecule has 0 heterocycles. The Bertz CT molecular complexity index is 447. The third kappa shape index (κ3) is 26.6. The van der Waals surface area contributed by atoms with Crippen LogP contribution < -0.4 is 148 Å². The first-order valence-corrected chi connectivity index (χ1v) is 10.9. The van der Waals surface area contributed by atoms with E-state index in [1.165, 1.54) is 9.72 Å². The van der Waals surface area contributed by atoms with Gasteiger partial charge in [0.25, 0.3) is 0 Å². The molecule has 0 saturated carbocycles. The molecular weight excluding hydrogens is 484 g/mol. The van der Waals surface area contributed by atoms with E-state index in [0.29, 0.717) is 0 Å². The van der Waals surface area contributed by atoms with E-state index in [1.54, 1.807) is 0 Å². The summed E-state index contributed by atoms with van der Waals surface area (Å²) in [6.07, 6.45) is 0.